The second-order valence-electron chi connectivity index (χ2n) is 8.60. The molecule has 0 aromatic rings. The van der Waals surface area contributed by atoms with Crippen LogP contribution in [0.15, 0.2) is 0 Å². The van der Waals surface area contributed by atoms with Crippen molar-refractivity contribution in [3.63, 3.8) is 0 Å². The van der Waals surface area contributed by atoms with Gasteiger partial charge < -0.3 is 5.73 Å². The predicted molar refractivity (Wildman–Crippen MR) is 85.3 cm³/mol. The van der Waals surface area contributed by atoms with E-state index in [0.29, 0.717) is 16.9 Å². The molecule has 1 aliphatic rings. The van der Waals surface area contributed by atoms with E-state index >= 15 is 0 Å². The summed E-state index contributed by atoms with van der Waals surface area (Å²) in [4.78, 5) is 2.59. The molecule has 0 bridgehead atoms. The van der Waals surface area contributed by atoms with Crippen LogP contribution in [0.4, 0.5) is 0 Å². The molecule has 0 aromatic heterocycles. The van der Waals surface area contributed by atoms with E-state index in [1.54, 1.807) is 0 Å². The van der Waals surface area contributed by atoms with Gasteiger partial charge in [0, 0.05) is 18.1 Å². The molecular formula is C17H36N2. The Morgan fingerprint density at radius 1 is 1.11 bits per heavy atom. The van der Waals surface area contributed by atoms with Crippen molar-refractivity contribution in [3.05, 3.63) is 0 Å². The minimum absolute atomic E-state index is 0.209. The van der Waals surface area contributed by atoms with Gasteiger partial charge in [0.05, 0.1) is 0 Å². The maximum Gasteiger partial charge on any atom is 0.0331 e. The van der Waals surface area contributed by atoms with Crippen LogP contribution in [0.3, 0.4) is 0 Å². The summed E-state index contributed by atoms with van der Waals surface area (Å²) in [5, 5.41) is 0. The molecule has 2 nitrogen and oxygen atoms in total. The van der Waals surface area contributed by atoms with Gasteiger partial charge in [-0.1, -0.05) is 41.0 Å². The van der Waals surface area contributed by atoms with Gasteiger partial charge in [0.1, 0.15) is 0 Å². The lowest BCUT2D eigenvalue weighted by Crippen LogP contribution is -2.57. The highest BCUT2D eigenvalue weighted by molar-refractivity contribution is 4.98. The highest BCUT2D eigenvalue weighted by Crippen LogP contribution is 2.42. The average molecular weight is 268 g/mol. The van der Waals surface area contributed by atoms with Gasteiger partial charge in [-0.25, -0.2) is 0 Å². The molecule has 0 spiro atoms. The standard InChI is InChI=1S/C17H36N2/c1-14(15(2,3)4)19(7)17(13-18)10-8-9-16(5,6)11-12-17/h14H,8-13,18H2,1-7H3. The lowest BCUT2D eigenvalue weighted by atomic mass is 9.79. The van der Waals surface area contributed by atoms with Crippen LogP contribution in [0, 0.1) is 10.8 Å². The number of hydrogen-bond acceptors (Lipinski definition) is 2. The lowest BCUT2D eigenvalue weighted by molar-refractivity contribution is 0.0197. The maximum absolute atomic E-state index is 6.24. The summed E-state index contributed by atoms with van der Waals surface area (Å²) in [5.41, 5.74) is 7.24. The van der Waals surface area contributed by atoms with Crippen LogP contribution in [0.25, 0.3) is 0 Å². The van der Waals surface area contributed by atoms with E-state index < -0.39 is 0 Å². The molecule has 0 aliphatic heterocycles. The van der Waals surface area contributed by atoms with Gasteiger partial charge >= 0.3 is 0 Å². The van der Waals surface area contributed by atoms with Crippen LogP contribution < -0.4 is 5.73 Å². The number of nitrogens with zero attached hydrogens (tertiary/aromatic N) is 1. The van der Waals surface area contributed by atoms with Crippen molar-refractivity contribution in [2.45, 2.75) is 85.2 Å². The zero-order chi connectivity index (χ0) is 14.9. The Labute approximate surface area is 121 Å². The topological polar surface area (TPSA) is 29.3 Å². The zero-order valence-corrected chi connectivity index (χ0v) is 14.3. The van der Waals surface area contributed by atoms with E-state index in [-0.39, 0.29) is 5.54 Å². The van der Waals surface area contributed by atoms with Crippen molar-refractivity contribution >= 4 is 0 Å². The fourth-order valence-electron chi connectivity index (χ4n) is 3.41. The Hall–Kier alpha value is -0.0800. The van der Waals surface area contributed by atoms with Gasteiger partial charge in [-0.2, -0.15) is 0 Å². The van der Waals surface area contributed by atoms with Crippen LogP contribution in [0.1, 0.15) is 73.6 Å². The summed E-state index contributed by atoms with van der Waals surface area (Å²) in [5.74, 6) is 0. The molecular weight excluding hydrogens is 232 g/mol. The summed E-state index contributed by atoms with van der Waals surface area (Å²) < 4.78 is 0. The maximum atomic E-state index is 6.24. The van der Waals surface area contributed by atoms with Gasteiger partial charge in [-0.05, 0) is 50.5 Å². The van der Waals surface area contributed by atoms with Crippen molar-refractivity contribution < 1.29 is 0 Å². The lowest BCUT2D eigenvalue weighted by Gasteiger charge is -2.48. The molecule has 1 aliphatic carbocycles. The minimum Gasteiger partial charge on any atom is -0.329 e. The first-order valence-electron chi connectivity index (χ1n) is 7.97. The summed E-state index contributed by atoms with van der Waals surface area (Å²) in [6.45, 7) is 15.0. The van der Waals surface area contributed by atoms with E-state index in [2.05, 4.69) is 53.5 Å². The SMILES string of the molecule is CC(N(C)C1(CN)CCCC(C)(C)CC1)C(C)(C)C. The smallest absolute Gasteiger partial charge is 0.0331 e. The first kappa shape index (κ1) is 17.0. The average Bonchev–Trinajstić information content (AvgIpc) is 2.45. The zero-order valence-electron chi connectivity index (χ0n) is 14.3. The van der Waals surface area contributed by atoms with E-state index in [1.165, 1.54) is 32.1 Å². The minimum atomic E-state index is 0.209. The third kappa shape index (κ3) is 3.95. The van der Waals surface area contributed by atoms with Crippen molar-refractivity contribution in [2.24, 2.45) is 16.6 Å². The number of likely N-dealkylation sites (N-methyl/N-ethyl adjacent to an activating group) is 1. The second-order valence-corrected chi connectivity index (χ2v) is 8.60. The molecule has 2 heteroatoms. The fourth-order valence-corrected chi connectivity index (χ4v) is 3.41. The monoisotopic (exact) mass is 268 g/mol. The quantitative estimate of drug-likeness (QED) is 0.783. The Morgan fingerprint density at radius 2 is 1.68 bits per heavy atom. The van der Waals surface area contributed by atoms with Crippen LogP contribution in [0.2, 0.25) is 0 Å². The Bertz CT molecular complexity index is 290. The first-order valence-corrected chi connectivity index (χ1v) is 7.97. The predicted octanol–water partition coefficient (Wildman–Crippen LogP) is 4.04. The van der Waals surface area contributed by atoms with Crippen molar-refractivity contribution in [1.82, 2.24) is 4.90 Å². The fraction of sp³-hybridized carbons (Fsp3) is 1.00. The molecule has 19 heavy (non-hydrogen) atoms. The summed E-state index contributed by atoms with van der Waals surface area (Å²) in [6, 6.07) is 0.553. The molecule has 2 unspecified atom stereocenters. The molecule has 2 N–H and O–H groups in total. The van der Waals surface area contributed by atoms with Gasteiger partial charge in [0.2, 0.25) is 0 Å². The molecule has 1 fully saturated rings. The molecule has 0 radical (unpaired) electrons. The molecule has 2 atom stereocenters. The van der Waals surface area contributed by atoms with E-state index in [0.717, 1.165) is 6.54 Å². The number of nitrogens with two attached hydrogens (primary N) is 1. The van der Waals surface area contributed by atoms with E-state index in [1.807, 2.05) is 0 Å². The summed E-state index contributed by atoms with van der Waals surface area (Å²) in [7, 11) is 2.29. The van der Waals surface area contributed by atoms with Gasteiger partial charge in [0.25, 0.3) is 0 Å². The number of hydrogen-bond donors (Lipinski definition) is 1. The Morgan fingerprint density at radius 3 is 2.16 bits per heavy atom. The molecule has 114 valence electrons. The molecule has 0 saturated heterocycles. The third-order valence-corrected chi connectivity index (χ3v) is 5.73. The second kappa shape index (κ2) is 5.73. The first-order chi connectivity index (χ1) is 8.54. The van der Waals surface area contributed by atoms with Crippen LogP contribution >= 0.6 is 0 Å². The largest absolute Gasteiger partial charge is 0.329 e. The van der Waals surface area contributed by atoms with E-state index in [4.69, 9.17) is 5.73 Å². The normalized spacial score (nSPS) is 30.2. The Balaban J connectivity index is 2.91. The van der Waals surface area contributed by atoms with Gasteiger partial charge in [-0.15, -0.1) is 0 Å². The highest BCUT2D eigenvalue weighted by Gasteiger charge is 2.41. The van der Waals surface area contributed by atoms with Crippen molar-refractivity contribution in [2.75, 3.05) is 13.6 Å². The van der Waals surface area contributed by atoms with Crippen molar-refractivity contribution in [1.29, 1.82) is 0 Å². The highest BCUT2D eigenvalue weighted by atomic mass is 15.2. The van der Waals surface area contributed by atoms with Crippen LogP contribution in [-0.4, -0.2) is 30.1 Å². The molecule has 1 saturated carbocycles. The van der Waals surface area contributed by atoms with Gasteiger partial charge in [0.15, 0.2) is 0 Å². The van der Waals surface area contributed by atoms with E-state index in [9.17, 15) is 0 Å². The summed E-state index contributed by atoms with van der Waals surface area (Å²) >= 11 is 0. The molecule has 0 amide bonds. The summed E-state index contributed by atoms with van der Waals surface area (Å²) in [6.07, 6.45) is 6.45. The number of rotatable bonds is 3. The molecule has 1 rings (SSSR count). The molecule has 0 aromatic carbocycles. The van der Waals surface area contributed by atoms with Crippen LogP contribution in [-0.2, 0) is 0 Å². The van der Waals surface area contributed by atoms with Crippen LogP contribution in [0.5, 0.6) is 0 Å². The van der Waals surface area contributed by atoms with Gasteiger partial charge in [-0.3, -0.25) is 4.90 Å². The van der Waals surface area contributed by atoms with Crippen molar-refractivity contribution in [3.8, 4) is 0 Å². The Kier molecular flexibility index (Phi) is 5.12. The molecule has 0 heterocycles. The third-order valence-electron chi connectivity index (χ3n) is 5.73.